The number of ether oxygens (including phenoxy) is 3. The summed E-state index contributed by atoms with van der Waals surface area (Å²) in [5.41, 5.74) is 1.99. The van der Waals surface area contributed by atoms with Gasteiger partial charge in [-0.25, -0.2) is 4.98 Å². The van der Waals surface area contributed by atoms with E-state index in [1.165, 1.54) is 33.5 Å². The summed E-state index contributed by atoms with van der Waals surface area (Å²) in [6.45, 7) is 1.83. The normalized spacial score (nSPS) is 12.3. The van der Waals surface area contributed by atoms with E-state index in [1.807, 2.05) is 6.92 Å². The molecule has 0 fully saturated rings. The number of benzene rings is 1. The van der Waals surface area contributed by atoms with Crippen molar-refractivity contribution in [2.45, 2.75) is 25.9 Å². The molecule has 2 unspecified atom stereocenters. The predicted molar refractivity (Wildman–Crippen MR) is 88.2 cm³/mol. The topological polar surface area (TPSA) is 93.9 Å². The molecule has 0 amide bonds. The van der Waals surface area contributed by atoms with E-state index in [0.717, 1.165) is 5.69 Å². The number of methoxy groups -OCH3 is 3. The number of aromatic nitrogens is 2. The SMILES string of the molecule is COC(O)CC(O)OC.COc1nc(C)cnc1-c1[c-]cc(F)cc1.[Ir]. The van der Waals surface area contributed by atoms with Crippen molar-refractivity contribution in [2.24, 2.45) is 0 Å². The van der Waals surface area contributed by atoms with Gasteiger partial charge in [0.2, 0.25) is 0 Å². The molecule has 147 valence electrons. The molecule has 0 saturated heterocycles. The Morgan fingerprint density at radius 1 is 1.15 bits per heavy atom. The van der Waals surface area contributed by atoms with E-state index in [1.54, 1.807) is 12.3 Å². The van der Waals surface area contributed by atoms with Crippen molar-refractivity contribution in [3.63, 3.8) is 0 Å². The molecule has 2 atom stereocenters. The number of nitrogens with zero attached hydrogens (tertiary/aromatic N) is 2. The van der Waals surface area contributed by atoms with Gasteiger partial charge in [-0.2, -0.15) is 0 Å². The maximum absolute atomic E-state index is 12.8. The summed E-state index contributed by atoms with van der Waals surface area (Å²) < 4.78 is 26.8. The Balaban J connectivity index is 0.000000543. The van der Waals surface area contributed by atoms with Crippen LogP contribution in [0.1, 0.15) is 12.1 Å². The van der Waals surface area contributed by atoms with Crippen LogP contribution in [0.15, 0.2) is 24.4 Å². The van der Waals surface area contributed by atoms with Gasteiger partial charge in [0, 0.05) is 58.5 Å². The Labute approximate surface area is 165 Å². The zero-order chi connectivity index (χ0) is 18.8. The van der Waals surface area contributed by atoms with Crippen molar-refractivity contribution in [1.82, 2.24) is 9.97 Å². The number of hydrogen-bond donors (Lipinski definition) is 2. The summed E-state index contributed by atoms with van der Waals surface area (Å²) in [6.07, 6.45) is -0.179. The van der Waals surface area contributed by atoms with Gasteiger partial charge in [-0.1, -0.05) is 0 Å². The second-order valence-electron chi connectivity index (χ2n) is 4.91. The molecule has 1 aromatic carbocycles. The number of halogens is 1. The fraction of sp³-hybridized carbons (Fsp3) is 0.412. The van der Waals surface area contributed by atoms with Crippen LogP contribution < -0.4 is 4.74 Å². The van der Waals surface area contributed by atoms with Gasteiger partial charge in [0.25, 0.3) is 0 Å². The van der Waals surface area contributed by atoms with Crippen molar-refractivity contribution < 1.29 is 48.9 Å². The third-order valence-electron chi connectivity index (χ3n) is 3.03. The number of hydrogen-bond acceptors (Lipinski definition) is 7. The van der Waals surface area contributed by atoms with Gasteiger partial charge >= 0.3 is 0 Å². The Morgan fingerprint density at radius 3 is 2.23 bits per heavy atom. The molecule has 0 saturated carbocycles. The zero-order valence-corrected chi connectivity index (χ0v) is 17.3. The molecule has 2 aromatic rings. The predicted octanol–water partition coefficient (Wildman–Crippen LogP) is 1.70. The molecule has 1 aromatic heterocycles. The minimum absolute atomic E-state index is 0. The molecule has 0 aliphatic carbocycles. The molecule has 9 heteroatoms. The number of aliphatic hydroxyl groups excluding tert-OH is 2. The van der Waals surface area contributed by atoms with Gasteiger partial charge in [-0.15, -0.1) is 29.8 Å². The van der Waals surface area contributed by atoms with E-state index in [4.69, 9.17) is 14.9 Å². The van der Waals surface area contributed by atoms with Crippen LogP contribution in [-0.2, 0) is 29.6 Å². The second kappa shape index (κ2) is 12.8. The smallest absolute Gasteiger partial charge is 0.194 e. The van der Waals surface area contributed by atoms with Gasteiger partial charge in [-0.3, -0.25) is 9.37 Å². The molecule has 2 N–H and O–H groups in total. The van der Waals surface area contributed by atoms with Gasteiger partial charge in [0.05, 0.1) is 12.8 Å². The molecule has 1 heterocycles. The second-order valence-corrected chi connectivity index (χ2v) is 4.91. The van der Waals surface area contributed by atoms with E-state index >= 15 is 0 Å². The number of rotatable bonds is 6. The van der Waals surface area contributed by atoms with Gasteiger partial charge in [0.15, 0.2) is 18.5 Å². The number of aryl methyl sites for hydroxylation is 1. The molecular formula is C17H22FIrN2O5-. The largest absolute Gasteiger partial charge is 0.486 e. The average Bonchev–Trinajstić information content (AvgIpc) is 2.62. The first kappa shape index (κ1) is 24.5. The maximum atomic E-state index is 12.8. The molecule has 0 aliphatic heterocycles. The third kappa shape index (κ3) is 8.27. The van der Waals surface area contributed by atoms with Crippen LogP contribution in [0.3, 0.4) is 0 Å². The summed E-state index contributed by atoms with van der Waals surface area (Å²) in [6, 6.07) is 7.00. The molecule has 26 heavy (non-hydrogen) atoms. The van der Waals surface area contributed by atoms with Crippen molar-refractivity contribution in [2.75, 3.05) is 21.3 Å². The first-order chi connectivity index (χ1) is 11.9. The zero-order valence-electron chi connectivity index (χ0n) is 14.9. The fourth-order valence-electron chi connectivity index (χ4n) is 1.70. The molecule has 0 bridgehead atoms. The molecule has 0 aliphatic rings. The fourth-order valence-corrected chi connectivity index (χ4v) is 1.70. The first-order valence-electron chi connectivity index (χ1n) is 7.38. The Bertz CT molecular complexity index is 638. The molecule has 7 nitrogen and oxygen atoms in total. The van der Waals surface area contributed by atoms with Crippen molar-refractivity contribution in [3.05, 3.63) is 42.0 Å². The summed E-state index contributed by atoms with van der Waals surface area (Å²) in [4.78, 5) is 8.40. The number of aliphatic hydroxyl groups is 2. The van der Waals surface area contributed by atoms with Gasteiger partial charge < -0.3 is 24.4 Å². The molecule has 1 radical (unpaired) electrons. The van der Waals surface area contributed by atoms with Crippen LogP contribution in [0, 0.1) is 18.8 Å². The Morgan fingerprint density at radius 2 is 1.77 bits per heavy atom. The van der Waals surface area contributed by atoms with Crippen LogP contribution in [-0.4, -0.2) is 54.1 Å². The van der Waals surface area contributed by atoms with Crippen molar-refractivity contribution in [1.29, 1.82) is 0 Å². The van der Waals surface area contributed by atoms with Crippen molar-refractivity contribution in [3.8, 4) is 17.1 Å². The minimum Gasteiger partial charge on any atom is -0.486 e. The van der Waals surface area contributed by atoms with E-state index in [0.29, 0.717) is 17.1 Å². The van der Waals surface area contributed by atoms with Gasteiger partial charge in [-0.05, 0) is 6.92 Å². The maximum Gasteiger partial charge on any atom is 0.194 e. The monoisotopic (exact) mass is 546 g/mol. The van der Waals surface area contributed by atoms with Crippen LogP contribution in [0.2, 0.25) is 0 Å². The summed E-state index contributed by atoms with van der Waals surface area (Å²) in [5.74, 6) is 0.0886. The molecular weight excluding hydrogens is 523 g/mol. The standard InChI is InChI=1S/C12H10FN2O.C5H12O4.Ir/c1-8-7-14-11(12(15-8)16-2)9-3-5-10(13)6-4-9;1-8-4(6)3-5(7)9-2;/h3,5-7H,1-2H3;4-7H,3H2,1-2H3;/q-1;;. The molecule has 0 spiro atoms. The summed E-state index contributed by atoms with van der Waals surface area (Å²) in [7, 11) is 4.23. The quantitative estimate of drug-likeness (QED) is 0.422. The minimum atomic E-state index is -0.944. The van der Waals surface area contributed by atoms with Crippen molar-refractivity contribution >= 4 is 0 Å². The van der Waals surface area contributed by atoms with E-state index in [9.17, 15) is 4.39 Å². The Hall–Kier alpha value is -1.48. The van der Waals surface area contributed by atoms with Gasteiger partial charge in [0.1, 0.15) is 0 Å². The van der Waals surface area contributed by atoms with Crippen LogP contribution >= 0.6 is 0 Å². The van der Waals surface area contributed by atoms with E-state index in [-0.39, 0.29) is 32.3 Å². The first-order valence-corrected chi connectivity index (χ1v) is 7.38. The van der Waals surface area contributed by atoms with E-state index < -0.39 is 12.6 Å². The molecule has 2 rings (SSSR count). The van der Waals surface area contributed by atoms with E-state index in [2.05, 4.69) is 25.5 Å². The summed E-state index contributed by atoms with van der Waals surface area (Å²) >= 11 is 0. The third-order valence-corrected chi connectivity index (χ3v) is 3.03. The summed E-state index contributed by atoms with van der Waals surface area (Å²) in [5, 5.41) is 17.4. The van der Waals surface area contributed by atoms with Crippen LogP contribution in [0.4, 0.5) is 4.39 Å². The Kier molecular flexibility index (Phi) is 12.1. The average molecular weight is 546 g/mol. The van der Waals surface area contributed by atoms with Crippen LogP contribution in [0.5, 0.6) is 5.88 Å². The van der Waals surface area contributed by atoms with Crippen LogP contribution in [0.25, 0.3) is 11.3 Å².